The van der Waals surface area contributed by atoms with Crippen LogP contribution < -0.4 is 10.5 Å². The van der Waals surface area contributed by atoms with E-state index in [-0.39, 0.29) is 12.5 Å². The third-order valence-corrected chi connectivity index (χ3v) is 4.02. The van der Waals surface area contributed by atoms with E-state index in [4.69, 9.17) is 22.1 Å². The first-order valence-corrected chi connectivity index (χ1v) is 7.65. The predicted molar refractivity (Wildman–Crippen MR) is 84.7 cm³/mol. The SMILES string of the molecule is CCCOc1c(C)cc(Cl)c(C)c1CCC(CN)CO. The van der Waals surface area contributed by atoms with Crippen molar-refractivity contribution in [2.75, 3.05) is 19.8 Å². The summed E-state index contributed by atoms with van der Waals surface area (Å²) in [6.07, 6.45) is 2.65. The molecular weight excluding hydrogens is 274 g/mol. The van der Waals surface area contributed by atoms with E-state index in [2.05, 4.69) is 6.92 Å². The highest BCUT2D eigenvalue weighted by molar-refractivity contribution is 6.31. The molecule has 4 heteroatoms. The highest BCUT2D eigenvalue weighted by Gasteiger charge is 2.15. The quantitative estimate of drug-likeness (QED) is 0.775. The molecule has 0 bridgehead atoms. The van der Waals surface area contributed by atoms with Gasteiger partial charge in [-0.25, -0.2) is 0 Å². The van der Waals surface area contributed by atoms with Gasteiger partial charge in [-0.1, -0.05) is 18.5 Å². The second-order valence-electron chi connectivity index (χ2n) is 5.28. The molecule has 0 saturated carbocycles. The van der Waals surface area contributed by atoms with Gasteiger partial charge in [0.15, 0.2) is 0 Å². The summed E-state index contributed by atoms with van der Waals surface area (Å²) in [5, 5.41) is 10.0. The van der Waals surface area contributed by atoms with E-state index in [0.29, 0.717) is 13.2 Å². The van der Waals surface area contributed by atoms with Gasteiger partial charge in [0.2, 0.25) is 0 Å². The smallest absolute Gasteiger partial charge is 0.125 e. The Hall–Kier alpha value is -0.770. The van der Waals surface area contributed by atoms with E-state index in [1.165, 1.54) is 0 Å². The molecule has 0 aliphatic carbocycles. The van der Waals surface area contributed by atoms with Crippen LogP contribution >= 0.6 is 11.6 Å². The van der Waals surface area contributed by atoms with Crippen LogP contribution in [0.15, 0.2) is 6.07 Å². The summed E-state index contributed by atoms with van der Waals surface area (Å²) in [5.41, 5.74) is 8.93. The molecule has 0 heterocycles. The summed E-state index contributed by atoms with van der Waals surface area (Å²) in [6.45, 7) is 7.46. The first-order valence-electron chi connectivity index (χ1n) is 7.27. The molecule has 20 heavy (non-hydrogen) atoms. The van der Waals surface area contributed by atoms with E-state index >= 15 is 0 Å². The number of hydrogen-bond donors (Lipinski definition) is 2. The number of halogens is 1. The Morgan fingerprint density at radius 1 is 1.40 bits per heavy atom. The van der Waals surface area contributed by atoms with E-state index in [9.17, 15) is 5.11 Å². The molecule has 1 rings (SSSR count). The zero-order chi connectivity index (χ0) is 15.1. The van der Waals surface area contributed by atoms with Gasteiger partial charge in [0, 0.05) is 11.6 Å². The Bertz CT molecular complexity index is 431. The minimum atomic E-state index is 0.125. The summed E-state index contributed by atoms with van der Waals surface area (Å²) in [5.74, 6) is 1.08. The molecule has 0 radical (unpaired) electrons. The van der Waals surface area contributed by atoms with Crippen molar-refractivity contribution in [3.63, 3.8) is 0 Å². The maximum atomic E-state index is 9.26. The highest BCUT2D eigenvalue weighted by Crippen LogP contribution is 2.33. The zero-order valence-electron chi connectivity index (χ0n) is 12.7. The number of hydrogen-bond acceptors (Lipinski definition) is 3. The van der Waals surface area contributed by atoms with Crippen molar-refractivity contribution in [1.29, 1.82) is 0 Å². The molecular formula is C16H26ClNO2. The van der Waals surface area contributed by atoms with Crippen molar-refractivity contribution in [2.45, 2.75) is 40.0 Å². The molecule has 114 valence electrons. The number of ether oxygens (including phenoxy) is 1. The minimum absolute atomic E-state index is 0.125. The Morgan fingerprint density at radius 2 is 2.10 bits per heavy atom. The van der Waals surface area contributed by atoms with E-state index < -0.39 is 0 Å². The van der Waals surface area contributed by atoms with Gasteiger partial charge in [0.25, 0.3) is 0 Å². The van der Waals surface area contributed by atoms with E-state index in [1.807, 2.05) is 19.9 Å². The molecule has 0 aliphatic heterocycles. The highest BCUT2D eigenvalue weighted by atomic mass is 35.5. The molecule has 0 aromatic heterocycles. The average molecular weight is 300 g/mol. The van der Waals surface area contributed by atoms with Gasteiger partial charge in [-0.3, -0.25) is 0 Å². The van der Waals surface area contributed by atoms with Crippen LogP contribution in [-0.2, 0) is 6.42 Å². The van der Waals surface area contributed by atoms with Crippen molar-refractivity contribution in [2.24, 2.45) is 11.7 Å². The van der Waals surface area contributed by atoms with Crippen LogP contribution in [0.25, 0.3) is 0 Å². The van der Waals surface area contributed by atoms with Crippen molar-refractivity contribution < 1.29 is 9.84 Å². The van der Waals surface area contributed by atoms with Crippen LogP contribution in [0.5, 0.6) is 5.75 Å². The number of aliphatic hydroxyl groups is 1. The number of benzene rings is 1. The van der Waals surface area contributed by atoms with Crippen LogP contribution in [0, 0.1) is 19.8 Å². The van der Waals surface area contributed by atoms with Crippen molar-refractivity contribution in [1.82, 2.24) is 0 Å². The fourth-order valence-electron chi connectivity index (χ4n) is 2.25. The molecule has 0 amide bonds. The third-order valence-electron chi connectivity index (χ3n) is 3.63. The molecule has 1 aromatic rings. The summed E-state index contributed by atoms with van der Waals surface area (Å²) in [4.78, 5) is 0. The number of aliphatic hydroxyl groups excluding tert-OH is 1. The zero-order valence-corrected chi connectivity index (χ0v) is 13.5. The normalized spacial score (nSPS) is 12.5. The molecule has 0 fully saturated rings. The van der Waals surface area contributed by atoms with Crippen LogP contribution in [0.1, 0.15) is 36.5 Å². The van der Waals surface area contributed by atoms with Gasteiger partial charge in [0.1, 0.15) is 5.75 Å². The summed E-state index contributed by atoms with van der Waals surface area (Å²) >= 11 is 6.28. The topological polar surface area (TPSA) is 55.5 Å². The standard InChI is InChI=1S/C16H26ClNO2/c1-4-7-20-16-11(2)8-15(17)12(3)14(16)6-5-13(9-18)10-19/h8,13,19H,4-7,9-10,18H2,1-3H3. The van der Waals surface area contributed by atoms with Gasteiger partial charge in [-0.2, -0.15) is 0 Å². The van der Waals surface area contributed by atoms with Crippen LogP contribution in [-0.4, -0.2) is 24.9 Å². The third kappa shape index (κ3) is 4.37. The number of nitrogens with two attached hydrogens (primary N) is 1. The summed E-state index contributed by atoms with van der Waals surface area (Å²) in [7, 11) is 0. The summed E-state index contributed by atoms with van der Waals surface area (Å²) in [6, 6.07) is 1.96. The lowest BCUT2D eigenvalue weighted by atomic mass is 9.95. The monoisotopic (exact) mass is 299 g/mol. The lowest BCUT2D eigenvalue weighted by molar-refractivity contribution is 0.222. The lowest BCUT2D eigenvalue weighted by Gasteiger charge is -2.19. The fourth-order valence-corrected chi connectivity index (χ4v) is 2.53. The molecule has 1 unspecified atom stereocenters. The first kappa shape index (κ1) is 17.3. The molecule has 1 atom stereocenters. The molecule has 0 spiro atoms. The van der Waals surface area contributed by atoms with Crippen molar-refractivity contribution in [3.8, 4) is 5.75 Å². The maximum Gasteiger partial charge on any atom is 0.125 e. The van der Waals surface area contributed by atoms with Crippen LogP contribution in [0.3, 0.4) is 0 Å². The number of rotatable bonds is 8. The second-order valence-corrected chi connectivity index (χ2v) is 5.69. The maximum absolute atomic E-state index is 9.26. The van der Waals surface area contributed by atoms with Crippen molar-refractivity contribution in [3.05, 3.63) is 27.8 Å². The molecule has 3 N–H and O–H groups in total. The Labute approximate surface area is 127 Å². The van der Waals surface area contributed by atoms with Crippen LogP contribution in [0.2, 0.25) is 5.02 Å². The number of aryl methyl sites for hydroxylation is 1. The Kier molecular flexibility index (Phi) is 7.35. The minimum Gasteiger partial charge on any atom is -0.493 e. The fraction of sp³-hybridized carbons (Fsp3) is 0.625. The second kappa shape index (κ2) is 8.50. The first-order chi connectivity index (χ1) is 9.54. The van der Waals surface area contributed by atoms with E-state index in [0.717, 1.165) is 46.7 Å². The largest absolute Gasteiger partial charge is 0.493 e. The average Bonchev–Trinajstić information content (AvgIpc) is 2.44. The predicted octanol–water partition coefficient (Wildman–Crippen LogP) is 3.25. The summed E-state index contributed by atoms with van der Waals surface area (Å²) < 4.78 is 5.90. The van der Waals surface area contributed by atoms with Gasteiger partial charge in [0.05, 0.1) is 6.61 Å². The molecule has 0 saturated heterocycles. The molecule has 0 aliphatic rings. The van der Waals surface area contributed by atoms with Crippen molar-refractivity contribution >= 4 is 11.6 Å². The Balaban J connectivity index is 3.00. The lowest BCUT2D eigenvalue weighted by Crippen LogP contribution is -2.19. The van der Waals surface area contributed by atoms with Gasteiger partial charge in [-0.15, -0.1) is 0 Å². The Morgan fingerprint density at radius 3 is 2.65 bits per heavy atom. The van der Waals surface area contributed by atoms with E-state index in [1.54, 1.807) is 0 Å². The van der Waals surface area contributed by atoms with Gasteiger partial charge in [-0.05, 0) is 68.3 Å². The molecule has 3 nitrogen and oxygen atoms in total. The van der Waals surface area contributed by atoms with Crippen LogP contribution in [0.4, 0.5) is 0 Å². The van der Waals surface area contributed by atoms with Gasteiger partial charge < -0.3 is 15.6 Å². The van der Waals surface area contributed by atoms with Gasteiger partial charge >= 0.3 is 0 Å². The molecule has 1 aromatic carbocycles.